The van der Waals surface area contributed by atoms with Gasteiger partial charge in [0.15, 0.2) is 0 Å². The predicted octanol–water partition coefficient (Wildman–Crippen LogP) is 2.38. The van der Waals surface area contributed by atoms with E-state index >= 15 is 0 Å². The number of thiazole rings is 1. The van der Waals surface area contributed by atoms with Gasteiger partial charge in [0.2, 0.25) is 0 Å². The Morgan fingerprint density at radius 1 is 1.65 bits per heavy atom. The third kappa shape index (κ3) is 5.52. The van der Waals surface area contributed by atoms with Crippen LogP contribution < -0.4 is 5.32 Å². The van der Waals surface area contributed by atoms with Gasteiger partial charge in [0.25, 0.3) is 0 Å². The van der Waals surface area contributed by atoms with Gasteiger partial charge in [0.1, 0.15) is 10.4 Å². The molecule has 0 spiro atoms. The topological polar surface area (TPSA) is 62.2 Å². The molecule has 0 aromatic carbocycles. The van der Waals surface area contributed by atoms with E-state index < -0.39 is 12.0 Å². The standard InChI is InChI=1S/C11H18N2O2S2/c1-7(2)12-9(10(14)15)4-5-16-11-13-8(3)6-17-11/h6-7,9,12H,4-5H2,1-3H3,(H,14,15). The molecular formula is C11H18N2O2S2. The largest absolute Gasteiger partial charge is 0.480 e. The van der Waals surface area contributed by atoms with Crippen molar-refractivity contribution in [1.29, 1.82) is 0 Å². The minimum atomic E-state index is -0.783. The summed E-state index contributed by atoms with van der Waals surface area (Å²) in [5.41, 5.74) is 1.02. The molecule has 0 amide bonds. The number of nitrogens with zero attached hydrogens (tertiary/aromatic N) is 1. The third-order valence-electron chi connectivity index (χ3n) is 2.06. The van der Waals surface area contributed by atoms with Crippen molar-refractivity contribution < 1.29 is 9.90 Å². The number of aromatic nitrogens is 1. The summed E-state index contributed by atoms with van der Waals surface area (Å²) < 4.78 is 1.01. The van der Waals surface area contributed by atoms with E-state index in [9.17, 15) is 4.79 Å². The zero-order chi connectivity index (χ0) is 12.8. The molecule has 1 aromatic heterocycles. The number of aryl methyl sites for hydroxylation is 1. The summed E-state index contributed by atoms with van der Waals surface area (Å²) in [7, 11) is 0. The maximum Gasteiger partial charge on any atom is 0.320 e. The van der Waals surface area contributed by atoms with Crippen LogP contribution in [-0.2, 0) is 4.79 Å². The lowest BCUT2D eigenvalue weighted by molar-refractivity contribution is -0.139. The molecule has 96 valence electrons. The van der Waals surface area contributed by atoms with Gasteiger partial charge in [-0.15, -0.1) is 11.3 Å². The van der Waals surface area contributed by atoms with E-state index in [2.05, 4.69) is 10.3 Å². The highest BCUT2D eigenvalue weighted by atomic mass is 32.2. The summed E-state index contributed by atoms with van der Waals surface area (Å²) in [4.78, 5) is 15.3. The van der Waals surface area contributed by atoms with Gasteiger partial charge in [-0.05, 0) is 13.3 Å². The van der Waals surface area contributed by atoms with Crippen molar-refractivity contribution in [1.82, 2.24) is 10.3 Å². The molecule has 17 heavy (non-hydrogen) atoms. The van der Waals surface area contributed by atoms with Gasteiger partial charge in [0, 0.05) is 22.9 Å². The van der Waals surface area contributed by atoms with E-state index in [0.717, 1.165) is 15.8 Å². The van der Waals surface area contributed by atoms with Crippen molar-refractivity contribution in [3.05, 3.63) is 11.1 Å². The van der Waals surface area contributed by atoms with Crippen LogP contribution in [0.15, 0.2) is 9.72 Å². The van der Waals surface area contributed by atoms with E-state index in [1.807, 2.05) is 26.2 Å². The summed E-state index contributed by atoms with van der Waals surface area (Å²) in [5, 5.41) is 14.1. The molecule has 0 fully saturated rings. The lowest BCUT2D eigenvalue weighted by Gasteiger charge is -2.16. The molecule has 1 atom stereocenters. The molecular weight excluding hydrogens is 256 g/mol. The zero-order valence-electron chi connectivity index (χ0n) is 10.3. The molecule has 4 nitrogen and oxygen atoms in total. The number of carboxylic acid groups (broad SMARTS) is 1. The average Bonchev–Trinajstić information content (AvgIpc) is 2.62. The number of carboxylic acids is 1. The lowest BCUT2D eigenvalue weighted by Crippen LogP contribution is -2.41. The highest BCUT2D eigenvalue weighted by molar-refractivity contribution is 8.01. The first-order valence-electron chi connectivity index (χ1n) is 5.53. The van der Waals surface area contributed by atoms with Crippen molar-refractivity contribution in [3.63, 3.8) is 0 Å². The maximum absolute atomic E-state index is 11.0. The number of rotatable bonds is 7. The highest BCUT2D eigenvalue weighted by Crippen LogP contribution is 2.23. The Bertz CT molecular complexity index is 366. The molecule has 1 heterocycles. The van der Waals surface area contributed by atoms with Crippen molar-refractivity contribution in [2.24, 2.45) is 0 Å². The molecule has 0 bridgehead atoms. The molecule has 0 saturated heterocycles. The predicted molar refractivity (Wildman–Crippen MR) is 71.9 cm³/mol. The Morgan fingerprint density at radius 3 is 2.82 bits per heavy atom. The van der Waals surface area contributed by atoms with Gasteiger partial charge < -0.3 is 10.4 Å². The second-order valence-electron chi connectivity index (χ2n) is 4.10. The monoisotopic (exact) mass is 274 g/mol. The van der Waals surface area contributed by atoms with E-state index in [4.69, 9.17) is 5.11 Å². The molecule has 1 rings (SSSR count). The van der Waals surface area contributed by atoms with Gasteiger partial charge >= 0.3 is 5.97 Å². The summed E-state index contributed by atoms with van der Waals surface area (Å²) in [6, 6.07) is -0.285. The van der Waals surface area contributed by atoms with Crippen LogP contribution in [0.1, 0.15) is 26.0 Å². The second-order valence-corrected chi connectivity index (χ2v) is 6.30. The number of carbonyl (C=O) groups is 1. The third-order valence-corrected chi connectivity index (χ3v) is 4.23. The molecule has 0 aliphatic heterocycles. The van der Waals surface area contributed by atoms with Crippen LogP contribution in [0, 0.1) is 6.92 Å². The molecule has 0 aliphatic rings. The highest BCUT2D eigenvalue weighted by Gasteiger charge is 2.17. The lowest BCUT2D eigenvalue weighted by atomic mass is 10.2. The fourth-order valence-electron chi connectivity index (χ4n) is 1.34. The van der Waals surface area contributed by atoms with Crippen LogP contribution in [0.4, 0.5) is 0 Å². The van der Waals surface area contributed by atoms with Gasteiger partial charge in [-0.1, -0.05) is 25.6 Å². The molecule has 2 N–H and O–H groups in total. The molecule has 0 aliphatic carbocycles. The molecule has 0 radical (unpaired) electrons. The summed E-state index contributed by atoms with van der Waals surface area (Å²) in [6.45, 7) is 5.86. The Kier molecular flexibility index (Phi) is 5.94. The average molecular weight is 274 g/mol. The SMILES string of the molecule is Cc1csc(SCCC(NC(C)C)C(=O)O)n1. The zero-order valence-corrected chi connectivity index (χ0v) is 11.9. The number of nitrogens with one attached hydrogen (secondary N) is 1. The molecule has 6 heteroatoms. The number of hydrogen-bond acceptors (Lipinski definition) is 5. The maximum atomic E-state index is 11.0. The molecule has 1 aromatic rings. The Morgan fingerprint density at radius 2 is 2.35 bits per heavy atom. The van der Waals surface area contributed by atoms with Gasteiger partial charge in [-0.2, -0.15) is 0 Å². The molecule has 1 unspecified atom stereocenters. The van der Waals surface area contributed by atoms with Crippen LogP contribution >= 0.6 is 23.1 Å². The van der Waals surface area contributed by atoms with E-state index in [0.29, 0.717) is 6.42 Å². The van der Waals surface area contributed by atoms with Crippen LogP contribution in [0.3, 0.4) is 0 Å². The summed E-state index contributed by atoms with van der Waals surface area (Å²) in [6.07, 6.45) is 0.608. The summed E-state index contributed by atoms with van der Waals surface area (Å²) in [5.74, 6) is -0.0153. The van der Waals surface area contributed by atoms with Crippen molar-refractivity contribution in [2.45, 2.75) is 43.6 Å². The van der Waals surface area contributed by atoms with E-state index in [1.165, 1.54) is 0 Å². The van der Waals surface area contributed by atoms with Crippen molar-refractivity contribution >= 4 is 29.1 Å². The fourth-order valence-corrected chi connectivity index (χ4v) is 3.27. The van der Waals surface area contributed by atoms with Crippen LogP contribution in [-0.4, -0.2) is 33.9 Å². The normalized spacial score (nSPS) is 12.9. The van der Waals surface area contributed by atoms with E-state index in [1.54, 1.807) is 23.1 Å². The number of hydrogen-bond donors (Lipinski definition) is 2. The Hall–Kier alpha value is -0.590. The Balaban J connectivity index is 2.34. The number of thioether (sulfide) groups is 1. The second kappa shape index (κ2) is 6.98. The van der Waals surface area contributed by atoms with Crippen LogP contribution in [0.2, 0.25) is 0 Å². The minimum Gasteiger partial charge on any atom is -0.480 e. The van der Waals surface area contributed by atoms with Crippen molar-refractivity contribution in [3.8, 4) is 0 Å². The fraction of sp³-hybridized carbons (Fsp3) is 0.636. The van der Waals surface area contributed by atoms with Crippen LogP contribution in [0.5, 0.6) is 0 Å². The minimum absolute atomic E-state index is 0.184. The van der Waals surface area contributed by atoms with Crippen LogP contribution in [0.25, 0.3) is 0 Å². The van der Waals surface area contributed by atoms with E-state index in [-0.39, 0.29) is 6.04 Å². The first-order valence-corrected chi connectivity index (χ1v) is 7.39. The van der Waals surface area contributed by atoms with Crippen molar-refractivity contribution in [2.75, 3.05) is 5.75 Å². The molecule has 0 saturated carbocycles. The van der Waals surface area contributed by atoms with Gasteiger partial charge in [-0.25, -0.2) is 4.98 Å². The quantitative estimate of drug-likeness (QED) is 0.748. The smallest absolute Gasteiger partial charge is 0.320 e. The van der Waals surface area contributed by atoms with Gasteiger partial charge in [-0.3, -0.25) is 4.79 Å². The Labute approximate surface area is 110 Å². The first-order chi connectivity index (χ1) is 7.99. The first kappa shape index (κ1) is 14.5. The number of aliphatic carboxylic acids is 1. The van der Waals surface area contributed by atoms with Gasteiger partial charge in [0.05, 0.1) is 0 Å². The summed E-state index contributed by atoms with van der Waals surface area (Å²) >= 11 is 3.23.